The molecule has 1 aromatic heterocycles. The van der Waals surface area contributed by atoms with E-state index in [-0.39, 0.29) is 23.5 Å². The fourth-order valence-corrected chi connectivity index (χ4v) is 3.67. The molecule has 0 bridgehead atoms. The van der Waals surface area contributed by atoms with Gasteiger partial charge in [-0.15, -0.1) is 0 Å². The number of ether oxygens (including phenoxy) is 1. The molecule has 0 saturated heterocycles. The van der Waals surface area contributed by atoms with Gasteiger partial charge >= 0.3 is 0 Å². The van der Waals surface area contributed by atoms with Gasteiger partial charge in [-0.2, -0.15) is 0 Å². The molecule has 2 amide bonds. The van der Waals surface area contributed by atoms with E-state index in [1.54, 1.807) is 42.7 Å². The number of pyridine rings is 1. The normalized spacial score (nSPS) is 13.5. The number of imide groups is 1. The molecule has 3 aromatic rings. The Hall–Kier alpha value is -4.24. The summed E-state index contributed by atoms with van der Waals surface area (Å²) in [6.45, 7) is 0.0243. The lowest BCUT2D eigenvalue weighted by molar-refractivity contribution is -0.384. The Morgan fingerprint density at radius 2 is 1.88 bits per heavy atom. The van der Waals surface area contributed by atoms with Crippen LogP contribution in [0.5, 0.6) is 5.75 Å². The van der Waals surface area contributed by atoms with E-state index in [1.165, 1.54) is 31.4 Å². The van der Waals surface area contributed by atoms with Crippen LogP contribution in [0.15, 0.2) is 72.7 Å². The molecule has 2 aromatic carbocycles. The Balaban J connectivity index is 1.75. The van der Waals surface area contributed by atoms with Crippen molar-refractivity contribution >= 4 is 40.4 Å². The van der Waals surface area contributed by atoms with Gasteiger partial charge < -0.3 is 10.1 Å². The topological polar surface area (TPSA) is 115 Å². The summed E-state index contributed by atoms with van der Waals surface area (Å²) < 4.78 is 5.15. The quantitative estimate of drug-likeness (QED) is 0.318. The van der Waals surface area contributed by atoms with Gasteiger partial charge in [0, 0.05) is 30.2 Å². The highest BCUT2D eigenvalue weighted by Crippen LogP contribution is 2.34. The number of carbonyl (C=O) groups excluding carboxylic acids is 2. The van der Waals surface area contributed by atoms with Crippen LogP contribution in [0.4, 0.5) is 11.4 Å². The monoisotopic (exact) mass is 464 g/mol. The Bertz CT molecular complexity index is 1280. The largest absolute Gasteiger partial charge is 0.495 e. The standard InChI is InChI=1S/C23H17ClN4O5/c1-33-19-9-6-16(11-18(19)24)26-21-20(15-4-7-17(8-5-15)28(31)32)22(29)27(23(21)30)13-14-3-2-10-25-12-14/h2-12,26H,13H2,1H3. The maximum Gasteiger partial charge on any atom is 0.278 e. The Labute approximate surface area is 193 Å². The number of anilines is 1. The first-order chi connectivity index (χ1) is 15.9. The van der Waals surface area contributed by atoms with E-state index in [9.17, 15) is 19.7 Å². The maximum absolute atomic E-state index is 13.3. The second kappa shape index (κ2) is 9.09. The third-order valence-electron chi connectivity index (χ3n) is 5.02. The molecule has 0 saturated carbocycles. The summed E-state index contributed by atoms with van der Waals surface area (Å²) in [5.41, 5.74) is 1.54. The summed E-state index contributed by atoms with van der Waals surface area (Å²) in [4.78, 5) is 42.2. The van der Waals surface area contributed by atoms with Crippen molar-refractivity contribution in [2.45, 2.75) is 6.54 Å². The number of nitrogens with one attached hydrogen (secondary N) is 1. The summed E-state index contributed by atoms with van der Waals surface area (Å²) in [6.07, 6.45) is 3.17. The van der Waals surface area contributed by atoms with Gasteiger partial charge in [0.15, 0.2) is 0 Å². The lowest BCUT2D eigenvalue weighted by Gasteiger charge is -2.15. The molecule has 10 heteroatoms. The number of halogens is 1. The Morgan fingerprint density at radius 1 is 1.12 bits per heavy atom. The number of benzene rings is 2. The van der Waals surface area contributed by atoms with Crippen LogP contribution in [0, 0.1) is 10.1 Å². The van der Waals surface area contributed by atoms with Crippen molar-refractivity contribution in [1.29, 1.82) is 0 Å². The number of hydrogen-bond acceptors (Lipinski definition) is 7. The SMILES string of the molecule is COc1ccc(NC2=C(c3ccc([N+](=O)[O-])cc3)C(=O)N(Cc3cccnc3)C2=O)cc1Cl. The molecule has 1 aliphatic rings. The van der Waals surface area contributed by atoms with Gasteiger partial charge in [-0.1, -0.05) is 17.7 Å². The van der Waals surface area contributed by atoms with E-state index < -0.39 is 16.7 Å². The molecule has 0 aliphatic carbocycles. The second-order valence-corrected chi connectivity index (χ2v) is 7.49. The number of amides is 2. The van der Waals surface area contributed by atoms with E-state index in [4.69, 9.17) is 16.3 Å². The molecule has 0 unspecified atom stereocenters. The van der Waals surface area contributed by atoms with Crippen LogP contribution < -0.4 is 10.1 Å². The summed E-state index contributed by atoms with van der Waals surface area (Å²) in [7, 11) is 1.49. The number of methoxy groups -OCH3 is 1. The van der Waals surface area contributed by atoms with E-state index in [1.807, 2.05) is 0 Å². The maximum atomic E-state index is 13.3. The number of nitro benzene ring substituents is 1. The lowest BCUT2D eigenvalue weighted by Crippen LogP contribution is -2.32. The third kappa shape index (κ3) is 4.39. The fraction of sp³-hybridized carbons (Fsp3) is 0.0870. The number of hydrogen-bond donors (Lipinski definition) is 1. The van der Waals surface area contributed by atoms with E-state index >= 15 is 0 Å². The number of rotatable bonds is 7. The number of non-ortho nitro benzene ring substituents is 1. The van der Waals surface area contributed by atoms with Crippen molar-refractivity contribution in [3.8, 4) is 5.75 Å². The Morgan fingerprint density at radius 3 is 2.48 bits per heavy atom. The molecule has 2 heterocycles. The van der Waals surface area contributed by atoms with Crippen LogP contribution in [0.2, 0.25) is 5.02 Å². The summed E-state index contributed by atoms with van der Waals surface area (Å²) in [5.74, 6) is -0.609. The predicted octanol–water partition coefficient (Wildman–Crippen LogP) is 4.04. The van der Waals surface area contributed by atoms with Crippen molar-refractivity contribution in [1.82, 2.24) is 9.88 Å². The van der Waals surface area contributed by atoms with E-state index in [2.05, 4.69) is 10.3 Å². The van der Waals surface area contributed by atoms with Crippen molar-refractivity contribution < 1.29 is 19.2 Å². The summed E-state index contributed by atoms with van der Waals surface area (Å²) >= 11 is 6.20. The highest BCUT2D eigenvalue weighted by Gasteiger charge is 2.39. The first-order valence-electron chi connectivity index (χ1n) is 9.74. The average Bonchev–Trinajstić information content (AvgIpc) is 3.04. The Kier molecular flexibility index (Phi) is 6.05. The number of carbonyl (C=O) groups is 2. The first-order valence-corrected chi connectivity index (χ1v) is 10.1. The van der Waals surface area contributed by atoms with Crippen LogP contribution in [0.1, 0.15) is 11.1 Å². The van der Waals surface area contributed by atoms with Crippen molar-refractivity contribution in [3.63, 3.8) is 0 Å². The van der Waals surface area contributed by atoms with Crippen LogP contribution in [-0.2, 0) is 16.1 Å². The highest BCUT2D eigenvalue weighted by atomic mass is 35.5. The molecule has 33 heavy (non-hydrogen) atoms. The van der Waals surface area contributed by atoms with Gasteiger partial charge in [-0.3, -0.25) is 29.6 Å². The second-order valence-electron chi connectivity index (χ2n) is 7.09. The smallest absolute Gasteiger partial charge is 0.278 e. The average molecular weight is 465 g/mol. The number of nitrogens with zero attached hydrogens (tertiary/aromatic N) is 3. The van der Waals surface area contributed by atoms with E-state index in [0.717, 1.165) is 4.90 Å². The highest BCUT2D eigenvalue weighted by molar-refractivity contribution is 6.36. The molecule has 0 atom stereocenters. The van der Waals surface area contributed by atoms with Crippen molar-refractivity contribution in [3.05, 3.63) is 99.0 Å². The molecule has 4 rings (SSSR count). The molecule has 0 fully saturated rings. The van der Waals surface area contributed by atoms with Crippen LogP contribution in [-0.4, -0.2) is 33.7 Å². The van der Waals surface area contributed by atoms with Gasteiger partial charge in [0.05, 0.1) is 29.2 Å². The fourth-order valence-electron chi connectivity index (χ4n) is 3.42. The first kappa shape index (κ1) is 22.0. The molecule has 0 radical (unpaired) electrons. The minimum absolute atomic E-state index is 0.0243. The predicted molar refractivity (Wildman–Crippen MR) is 121 cm³/mol. The van der Waals surface area contributed by atoms with Gasteiger partial charge in [-0.25, -0.2) is 0 Å². The van der Waals surface area contributed by atoms with Crippen LogP contribution >= 0.6 is 11.6 Å². The third-order valence-corrected chi connectivity index (χ3v) is 5.31. The summed E-state index contributed by atoms with van der Waals surface area (Å²) in [5, 5.41) is 14.3. The van der Waals surface area contributed by atoms with Gasteiger partial charge in [0.25, 0.3) is 17.5 Å². The molecule has 0 spiro atoms. The minimum atomic E-state index is -0.538. The zero-order valence-electron chi connectivity index (χ0n) is 17.3. The van der Waals surface area contributed by atoms with Gasteiger partial charge in [0.2, 0.25) is 0 Å². The summed E-state index contributed by atoms with van der Waals surface area (Å²) in [6, 6.07) is 13.8. The number of aromatic nitrogens is 1. The zero-order chi connectivity index (χ0) is 23.5. The zero-order valence-corrected chi connectivity index (χ0v) is 18.1. The van der Waals surface area contributed by atoms with Gasteiger partial charge in [0.1, 0.15) is 11.4 Å². The molecule has 9 nitrogen and oxygen atoms in total. The lowest BCUT2D eigenvalue weighted by atomic mass is 10.0. The molecular formula is C23H17ClN4O5. The molecule has 1 N–H and O–H groups in total. The molecule has 166 valence electrons. The number of nitro groups is 1. The molecular weight excluding hydrogens is 448 g/mol. The van der Waals surface area contributed by atoms with Crippen molar-refractivity contribution in [2.75, 3.05) is 12.4 Å². The van der Waals surface area contributed by atoms with E-state index in [0.29, 0.717) is 27.6 Å². The minimum Gasteiger partial charge on any atom is -0.495 e. The van der Waals surface area contributed by atoms with Crippen molar-refractivity contribution in [2.24, 2.45) is 0 Å². The van der Waals surface area contributed by atoms with Crippen LogP contribution in [0.3, 0.4) is 0 Å². The van der Waals surface area contributed by atoms with Crippen LogP contribution in [0.25, 0.3) is 5.57 Å². The van der Waals surface area contributed by atoms with Gasteiger partial charge in [-0.05, 0) is 47.5 Å². The molecule has 1 aliphatic heterocycles.